The van der Waals surface area contributed by atoms with E-state index in [4.69, 9.17) is 0 Å². The van der Waals surface area contributed by atoms with Crippen LogP contribution in [-0.4, -0.2) is 36.0 Å². The van der Waals surface area contributed by atoms with Gasteiger partial charge in [-0.15, -0.1) is 10.2 Å². The van der Waals surface area contributed by atoms with Crippen LogP contribution in [0.15, 0.2) is 95.0 Å². The minimum atomic E-state index is -1.10. The molecule has 0 saturated carbocycles. The van der Waals surface area contributed by atoms with Crippen LogP contribution in [0.5, 0.6) is 0 Å². The van der Waals surface area contributed by atoms with Gasteiger partial charge >= 0.3 is 6.09 Å². The van der Waals surface area contributed by atoms with E-state index in [2.05, 4.69) is 20.3 Å². The third-order valence-electron chi connectivity index (χ3n) is 5.33. The Balaban J connectivity index is 1.33. The van der Waals surface area contributed by atoms with Crippen molar-refractivity contribution >= 4 is 55.9 Å². The van der Waals surface area contributed by atoms with Gasteiger partial charge in [0, 0.05) is 10.5 Å². The van der Waals surface area contributed by atoms with Gasteiger partial charge in [-0.3, -0.25) is 0 Å². The molecule has 0 radical (unpaired) electrons. The van der Waals surface area contributed by atoms with Gasteiger partial charge in [0.05, 0.1) is 21.6 Å². The smallest absolute Gasteiger partial charge is 0.418 e. The Morgan fingerprint density at radius 3 is 2.56 bits per heavy atom. The molecule has 0 atom stereocenters. The van der Waals surface area contributed by atoms with Gasteiger partial charge in [0.1, 0.15) is 5.82 Å². The lowest BCUT2D eigenvalue weighted by molar-refractivity contribution is 0.205. The number of para-hydroxylation sites is 1. The van der Waals surface area contributed by atoms with Crippen molar-refractivity contribution in [3.63, 3.8) is 0 Å². The molecule has 6 rings (SSSR count). The summed E-state index contributed by atoms with van der Waals surface area (Å²) in [7, 11) is 0. The topological polar surface area (TPSA) is 96.5 Å². The average Bonchev–Trinajstić information content (AvgIpc) is 3.48. The van der Waals surface area contributed by atoms with Crippen LogP contribution < -0.4 is 4.90 Å². The summed E-state index contributed by atoms with van der Waals surface area (Å²) in [6.07, 6.45) is -1.10. The fourth-order valence-corrected chi connectivity index (χ4v) is 5.56. The molecule has 0 aliphatic heterocycles. The first-order chi connectivity index (χ1) is 17.5. The molecule has 6 aromatic rings. The molecule has 1 amide bonds. The summed E-state index contributed by atoms with van der Waals surface area (Å²) >= 11 is 2.67. The van der Waals surface area contributed by atoms with Crippen molar-refractivity contribution in [3.8, 4) is 11.3 Å². The maximum absolute atomic E-state index is 13.3. The van der Waals surface area contributed by atoms with Crippen LogP contribution in [0.4, 0.5) is 20.0 Å². The number of halogens is 1. The van der Waals surface area contributed by atoms with Gasteiger partial charge in [-0.1, -0.05) is 29.5 Å². The number of fused-ring (bicyclic) bond motifs is 2. The number of carboxylic acid groups (broad SMARTS) is 1. The van der Waals surface area contributed by atoms with Gasteiger partial charge in [-0.05, 0) is 78.5 Å². The number of hydrogen-bond donors (Lipinski definition) is 1. The van der Waals surface area contributed by atoms with Crippen molar-refractivity contribution in [2.75, 3.05) is 4.90 Å². The average molecular weight is 515 g/mol. The number of nitrogens with zero attached hydrogens (tertiary/aromatic N) is 6. The first-order valence-electron chi connectivity index (χ1n) is 10.7. The van der Waals surface area contributed by atoms with Crippen LogP contribution in [0.2, 0.25) is 0 Å². The molecule has 11 heteroatoms. The molecule has 3 heterocycles. The molecule has 0 aliphatic carbocycles. The van der Waals surface area contributed by atoms with Crippen molar-refractivity contribution in [2.45, 2.75) is 10.1 Å². The molecule has 0 aliphatic rings. The summed E-state index contributed by atoms with van der Waals surface area (Å²) in [5.74, 6) is -0.308. The van der Waals surface area contributed by atoms with Gasteiger partial charge in [0.25, 0.3) is 0 Å². The summed E-state index contributed by atoms with van der Waals surface area (Å²) in [6.45, 7) is 0. The molecule has 0 spiro atoms. The highest BCUT2D eigenvalue weighted by Gasteiger charge is 2.21. The number of hydrogen-bond acceptors (Lipinski definition) is 7. The third kappa shape index (κ3) is 4.14. The maximum Gasteiger partial charge on any atom is 0.418 e. The molecular formula is C25H15FN6O2S2. The van der Waals surface area contributed by atoms with E-state index in [9.17, 15) is 14.3 Å². The molecule has 3 aromatic carbocycles. The Kier molecular flexibility index (Phi) is 5.55. The summed E-state index contributed by atoms with van der Waals surface area (Å²) in [5.41, 5.74) is 3.26. The molecule has 36 heavy (non-hydrogen) atoms. The normalized spacial score (nSPS) is 11.2. The van der Waals surface area contributed by atoms with E-state index in [1.54, 1.807) is 40.9 Å². The van der Waals surface area contributed by atoms with Gasteiger partial charge in [-0.25, -0.2) is 19.1 Å². The summed E-state index contributed by atoms with van der Waals surface area (Å²) in [4.78, 5) is 18.6. The molecule has 3 aromatic heterocycles. The lowest BCUT2D eigenvalue weighted by atomic mass is 10.1. The minimum Gasteiger partial charge on any atom is -0.464 e. The van der Waals surface area contributed by atoms with Crippen molar-refractivity contribution < 1.29 is 14.3 Å². The van der Waals surface area contributed by atoms with Crippen LogP contribution in [0, 0.1) is 5.82 Å². The maximum atomic E-state index is 13.3. The van der Waals surface area contributed by atoms with E-state index in [0.717, 1.165) is 15.2 Å². The zero-order chi connectivity index (χ0) is 24.6. The molecule has 0 bridgehead atoms. The number of thiazole rings is 1. The fraction of sp³-hybridized carbons (Fsp3) is 0. The second-order valence-corrected chi connectivity index (χ2v) is 9.71. The van der Waals surface area contributed by atoms with E-state index in [-0.39, 0.29) is 5.82 Å². The van der Waals surface area contributed by atoms with E-state index in [1.807, 2.05) is 36.4 Å². The quantitative estimate of drug-likeness (QED) is 0.280. The highest BCUT2D eigenvalue weighted by molar-refractivity contribution is 7.99. The predicted octanol–water partition coefficient (Wildman–Crippen LogP) is 6.51. The van der Waals surface area contributed by atoms with E-state index in [1.165, 1.54) is 40.1 Å². The molecule has 8 nitrogen and oxygen atoms in total. The highest BCUT2D eigenvalue weighted by Crippen LogP contribution is 2.36. The van der Waals surface area contributed by atoms with Crippen molar-refractivity contribution in [3.05, 3.63) is 90.7 Å². The zero-order valence-electron chi connectivity index (χ0n) is 18.3. The van der Waals surface area contributed by atoms with Crippen molar-refractivity contribution in [2.24, 2.45) is 0 Å². The molecule has 0 unspecified atom stereocenters. The van der Waals surface area contributed by atoms with E-state index < -0.39 is 6.09 Å². The Morgan fingerprint density at radius 1 is 0.972 bits per heavy atom. The molecule has 0 saturated heterocycles. The number of benzene rings is 3. The Morgan fingerprint density at radius 2 is 1.78 bits per heavy atom. The third-order valence-corrected chi connectivity index (χ3v) is 7.26. The summed E-state index contributed by atoms with van der Waals surface area (Å²) in [6, 6.07) is 24.3. The monoisotopic (exact) mass is 514 g/mol. The number of rotatable bonds is 5. The van der Waals surface area contributed by atoms with Crippen LogP contribution in [0.3, 0.4) is 0 Å². The lowest BCUT2D eigenvalue weighted by Crippen LogP contribution is -2.23. The highest BCUT2D eigenvalue weighted by atomic mass is 32.2. The zero-order valence-corrected chi connectivity index (χ0v) is 19.9. The van der Waals surface area contributed by atoms with Gasteiger partial charge in [0.2, 0.25) is 10.3 Å². The van der Waals surface area contributed by atoms with E-state index in [0.29, 0.717) is 32.8 Å². The second-order valence-electron chi connectivity index (χ2n) is 7.66. The van der Waals surface area contributed by atoms with Crippen LogP contribution in [-0.2, 0) is 0 Å². The Hall–Kier alpha value is -4.35. The van der Waals surface area contributed by atoms with Crippen molar-refractivity contribution in [1.29, 1.82) is 0 Å². The van der Waals surface area contributed by atoms with Gasteiger partial charge in [0.15, 0.2) is 5.65 Å². The number of anilines is 2. The van der Waals surface area contributed by atoms with Crippen molar-refractivity contribution in [1.82, 2.24) is 24.8 Å². The fourth-order valence-electron chi connectivity index (χ4n) is 3.64. The summed E-state index contributed by atoms with van der Waals surface area (Å²) in [5, 5.41) is 23.8. The molecule has 0 fully saturated rings. The molecule has 1 N–H and O–H groups in total. The standard InChI is InChI=1S/C25H15FN6O2S2/c26-16-8-6-15(7-9-16)19-12-13-22-28-29-24(32(22)30-19)35-18-10-11-20-21(14-18)36-23(27-20)31(25(33)34)17-4-2-1-3-5-17/h1-14H,(H,33,34). The van der Waals surface area contributed by atoms with Crippen LogP contribution >= 0.6 is 23.1 Å². The minimum absolute atomic E-state index is 0.308. The number of aromatic nitrogens is 5. The summed E-state index contributed by atoms with van der Waals surface area (Å²) < 4.78 is 15.8. The Bertz CT molecular complexity index is 1720. The second kappa shape index (κ2) is 9.02. The number of amides is 1. The van der Waals surface area contributed by atoms with E-state index >= 15 is 0 Å². The largest absolute Gasteiger partial charge is 0.464 e. The first kappa shape index (κ1) is 22.1. The van der Waals surface area contributed by atoms with Gasteiger partial charge < -0.3 is 5.11 Å². The van der Waals surface area contributed by atoms with Crippen LogP contribution in [0.25, 0.3) is 27.1 Å². The SMILES string of the molecule is O=C(O)N(c1ccccc1)c1nc2ccc(Sc3nnc4ccc(-c5ccc(F)cc5)nn34)cc2s1. The van der Waals surface area contributed by atoms with Gasteiger partial charge in [-0.2, -0.15) is 9.61 Å². The predicted molar refractivity (Wildman–Crippen MR) is 137 cm³/mol. The Labute approximate surface area is 211 Å². The lowest BCUT2D eigenvalue weighted by Gasteiger charge is -2.15. The van der Waals surface area contributed by atoms with Crippen LogP contribution in [0.1, 0.15) is 0 Å². The molecule has 176 valence electrons. The first-order valence-corrected chi connectivity index (χ1v) is 12.3. The molecular weight excluding hydrogens is 499 g/mol. The number of carbonyl (C=O) groups is 1.